The molecule has 0 aromatic heterocycles. The van der Waals surface area contributed by atoms with E-state index in [1.165, 1.54) is 0 Å². The van der Waals surface area contributed by atoms with Gasteiger partial charge < -0.3 is 14.8 Å². The topological polar surface area (TPSA) is 47.6 Å². The van der Waals surface area contributed by atoms with Crippen molar-refractivity contribution in [1.29, 1.82) is 0 Å². The Kier molecular flexibility index (Phi) is 6.24. The van der Waals surface area contributed by atoms with Gasteiger partial charge in [-0.3, -0.25) is 4.79 Å². The molecular weight excluding hydrogens is 302 g/mol. The molecule has 2 rings (SSSR count). The van der Waals surface area contributed by atoms with Crippen molar-refractivity contribution >= 4 is 5.91 Å². The van der Waals surface area contributed by atoms with Crippen LogP contribution in [0.1, 0.15) is 31.0 Å². The van der Waals surface area contributed by atoms with Gasteiger partial charge in [-0.05, 0) is 36.6 Å². The molecule has 0 radical (unpaired) electrons. The first-order valence-corrected chi connectivity index (χ1v) is 8.11. The highest BCUT2D eigenvalue weighted by atomic mass is 16.5. The molecule has 0 fully saturated rings. The van der Waals surface area contributed by atoms with Crippen molar-refractivity contribution in [2.24, 2.45) is 5.92 Å². The maximum atomic E-state index is 12.4. The summed E-state index contributed by atoms with van der Waals surface area (Å²) in [5.41, 5.74) is 2.15. The van der Waals surface area contributed by atoms with Gasteiger partial charge in [0.25, 0.3) is 0 Å². The van der Waals surface area contributed by atoms with Gasteiger partial charge in [-0.15, -0.1) is 0 Å². The Hall–Kier alpha value is -2.49. The normalized spacial score (nSPS) is 13.0. The number of benzene rings is 2. The lowest BCUT2D eigenvalue weighted by atomic mass is 9.99. The van der Waals surface area contributed by atoms with Gasteiger partial charge in [-0.25, -0.2) is 0 Å². The summed E-state index contributed by atoms with van der Waals surface area (Å²) in [6.07, 6.45) is 0.647. The first-order chi connectivity index (χ1) is 11.5. The number of carbonyl (C=O) groups excluding carboxylic acids is 1. The quantitative estimate of drug-likeness (QED) is 0.842. The van der Waals surface area contributed by atoms with E-state index in [0.29, 0.717) is 17.9 Å². The van der Waals surface area contributed by atoms with Crippen LogP contribution in [0.25, 0.3) is 0 Å². The van der Waals surface area contributed by atoms with E-state index in [0.717, 1.165) is 11.1 Å². The van der Waals surface area contributed by atoms with Crippen LogP contribution in [-0.4, -0.2) is 20.1 Å². The summed E-state index contributed by atoms with van der Waals surface area (Å²) in [7, 11) is 3.22. The molecule has 2 aromatic rings. The van der Waals surface area contributed by atoms with Crippen LogP contribution < -0.4 is 14.8 Å². The molecule has 2 aromatic carbocycles. The number of rotatable bonds is 7. The monoisotopic (exact) mass is 327 g/mol. The Balaban J connectivity index is 1.99. The zero-order chi connectivity index (χ0) is 17.5. The SMILES string of the molecule is COc1ccc(CC(C)C(=O)NC(C)c2ccccc2)cc1OC. The summed E-state index contributed by atoms with van der Waals surface area (Å²) in [6, 6.07) is 15.7. The molecule has 1 N–H and O–H groups in total. The van der Waals surface area contributed by atoms with Crippen LogP contribution in [-0.2, 0) is 11.2 Å². The number of nitrogens with one attached hydrogen (secondary N) is 1. The lowest BCUT2D eigenvalue weighted by Crippen LogP contribution is -2.32. The summed E-state index contributed by atoms with van der Waals surface area (Å²) in [4.78, 5) is 12.4. The highest BCUT2D eigenvalue weighted by Gasteiger charge is 2.17. The van der Waals surface area contributed by atoms with Crippen LogP contribution in [0.4, 0.5) is 0 Å². The molecule has 4 nitrogen and oxygen atoms in total. The molecule has 4 heteroatoms. The zero-order valence-corrected chi connectivity index (χ0v) is 14.7. The lowest BCUT2D eigenvalue weighted by molar-refractivity contribution is -0.125. The molecule has 0 aliphatic carbocycles. The van der Waals surface area contributed by atoms with Crippen LogP contribution in [0.15, 0.2) is 48.5 Å². The van der Waals surface area contributed by atoms with Crippen molar-refractivity contribution in [1.82, 2.24) is 5.32 Å². The fraction of sp³-hybridized carbons (Fsp3) is 0.350. The third-order valence-corrected chi connectivity index (χ3v) is 4.10. The molecule has 0 bridgehead atoms. The highest BCUT2D eigenvalue weighted by molar-refractivity contribution is 5.79. The Morgan fingerprint density at radius 2 is 1.67 bits per heavy atom. The molecule has 0 spiro atoms. The average molecular weight is 327 g/mol. The van der Waals surface area contributed by atoms with Crippen LogP contribution >= 0.6 is 0 Å². The number of carbonyl (C=O) groups is 1. The van der Waals surface area contributed by atoms with E-state index < -0.39 is 0 Å². The second kappa shape index (κ2) is 8.39. The Morgan fingerprint density at radius 3 is 2.29 bits per heavy atom. The van der Waals surface area contributed by atoms with Gasteiger partial charge >= 0.3 is 0 Å². The third kappa shape index (κ3) is 4.51. The van der Waals surface area contributed by atoms with Gasteiger partial charge in [0.15, 0.2) is 11.5 Å². The van der Waals surface area contributed by atoms with Gasteiger partial charge in [0.1, 0.15) is 0 Å². The Labute approximate surface area is 143 Å². The summed E-state index contributed by atoms with van der Waals surface area (Å²) >= 11 is 0. The van der Waals surface area contributed by atoms with E-state index in [2.05, 4.69) is 5.32 Å². The van der Waals surface area contributed by atoms with E-state index in [4.69, 9.17) is 9.47 Å². The molecular formula is C20H25NO3. The predicted molar refractivity (Wildman–Crippen MR) is 95.4 cm³/mol. The van der Waals surface area contributed by atoms with Crippen molar-refractivity contribution in [2.75, 3.05) is 14.2 Å². The smallest absolute Gasteiger partial charge is 0.223 e. The lowest BCUT2D eigenvalue weighted by Gasteiger charge is -2.18. The number of amides is 1. The highest BCUT2D eigenvalue weighted by Crippen LogP contribution is 2.28. The first kappa shape index (κ1) is 17.9. The van der Waals surface area contributed by atoms with Crippen LogP contribution in [0.3, 0.4) is 0 Å². The van der Waals surface area contributed by atoms with Crippen molar-refractivity contribution in [3.05, 3.63) is 59.7 Å². The summed E-state index contributed by atoms with van der Waals surface area (Å²) in [6.45, 7) is 3.93. The standard InChI is InChI=1S/C20H25NO3/c1-14(12-16-10-11-18(23-3)19(13-16)24-4)20(22)21-15(2)17-8-6-5-7-9-17/h5-11,13-15H,12H2,1-4H3,(H,21,22). The van der Waals surface area contributed by atoms with Crippen molar-refractivity contribution < 1.29 is 14.3 Å². The van der Waals surface area contributed by atoms with E-state index in [1.807, 2.05) is 62.4 Å². The molecule has 0 aliphatic rings. The minimum absolute atomic E-state index is 0.00782. The second-order valence-electron chi connectivity index (χ2n) is 5.94. The minimum atomic E-state index is -0.130. The zero-order valence-electron chi connectivity index (χ0n) is 14.7. The molecule has 1 amide bonds. The third-order valence-electron chi connectivity index (χ3n) is 4.10. The maximum Gasteiger partial charge on any atom is 0.223 e. The van der Waals surface area contributed by atoms with Crippen molar-refractivity contribution in [2.45, 2.75) is 26.3 Å². The Bertz CT molecular complexity index is 670. The summed E-state index contributed by atoms with van der Waals surface area (Å²) in [5.74, 6) is 1.28. The number of ether oxygens (including phenoxy) is 2. The number of methoxy groups -OCH3 is 2. The summed E-state index contributed by atoms with van der Waals surface area (Å²) in [5, 5.41) is 3.07. The molecule has 128 valence electrons. The molecule has 24 heavy (non-hydrogen) atoms. The molecule has 2 atom stereocenters. The first-order valence-electron chi connectivity index (χ1n) is 8.11. The van der Waals surface area contributed by atoms with Crippen molar-refractivity contribution in [3.8, 4) is 11.5 Å². The van der Waals surface area contributed by atoms with E-state index >= 15 is 0 Å². The molecule has 0 heterocycles. The number of hydrogen-bond donors (Lipinski definition) is 1. The van der Waals surface area contributed by atoms with E-state index in [9.17, 15) is 4.79 Å². The average Bonchev–Trinajstić information content (AvgIpc) is 2.62. The van der Waals surface area contributed by atoms with Crippen LogP contribution in [0.2, 0.25) is 0 Å². The van der Waals surface area contributed by atoms with Gasteiger partial charge in [0, 0.05) is 5.92 Å². The number of hydrogen-bond acceptors (Lipinski definition) is 3. The van der Waals surface area contributed by atoms with Crippen LogP contribution in [0, 0.1) is 5.92 Å². The van der Waals surface area contributed by atoms with Gasteiger partial charge in [0.05, 0.1) is 20.3 Å². The fourth-order valence-corrected chi connectivity index (χ4v) is 2.63. The van der Waals surface area contributed by atoms with E-state index in [1.54, 1.807) is 14.2 Å². The predicted octanol–water partition coefficient (Wildman–Crippen LogP) is 3.76. The fourth-order valence-electron chi connectivity index (χ4n) is 2.63. The van der Waals surface area contributed by atoms with Crippen molar-refractivity contribution in [3.63, 3.8) is 0 Å². The van der Waals surface area contributed by atoms with E-state index in [-0.39, 0.29) is 17.9 Å². The molecule has 0 aliphatic heterocycles. The van der Waals surface area contributed by atoms with Crippen LogP contribution in [0.5, 0.6) is 11.5 Å². The Morgan fingerprint density at radius 1 is 1.00 bits per heavy atom. The van der Waals surface area contributed by atoms with Gasteiger partial charge in [-0.2, -0.15) is 0 Å². The van der Waals surface area contributed by atoms with Gasteiger partial charge in [0.2, 0.25) is 5.91 Å². The maximum absolute atomic E-state index is 12.4. The minimum Gasteiger partial charge on any atom is -0.493 e. The molecule has 0 saturated heterocycles. The molecule has 0 saturated carbocycles. The molecule has 2 unspecified atom stereocenters. The van der Waals surface area contributed by atoms with Gasteiger partial charge in [-0.1, -0.05) is 43.3 Å². The summed E-state index contributed by atoms with van der Waals surface area (Å²) < 4.78 is 10.6. The largest absolute Gasteiger partial charge is 0.493 e. The second-order valence-corrected chi connectivity index (χ2v) is 5.94.